The van der Waals surface area contributed by atoms with Gasteiger partial charge in [0.05, 0.1) is 12.8 Å². The molecular formula is C13H18N3O9P. The molecule has 0 saturated carbocycles. The number of aliphatic hydroxyl groups is 2. The van der Waals surface area contributed by atoms with E-state index in [1.165, 1.54) is 12.3 Å². The van der Waals surface area contributed by atoms with Crippen LogP contribution in [-0.2, 0) is 18.6 Å². The fourth-order valence-electron chi connectivity index (χ4n) is 2.26. The van der Waals surface area contributed by atoms with E-state index in [-0.39, 0.29) is 5.82 Å². The van der Waals surface area contributed by atoms with Crippen molar-refractivity contribution in [3.63, 3.8) is 0 Å². The van der Waals surface area contributed by atoms with Gasteiger partial charge in [-0.3, -0.25) is 9.13 Å². The van der Waals surface area contributed by atoms with Crippen molar-refractivity contribution in [2.45, 2.75) is 24.5 Å². The number of hydrogen-bond donors (Lipinski definition) is 5. The molecule has 1 aliphatic heterocycles. The van der Waals surface area contributed by atoms with Crippen molar-refractivity contribution in [1.82, 2.24) is 9.55 Å². The first-order chi connectivity index (χ1) is 12.0. The molecule has 13 heteroatoms. The Morgan fingerprint density at radius 2 is 2.12 bits per heavy atom. The number of nitrogen functional groups attached to an aromatic ring is 1. The van der Waals surface area contributed by atoms with Crippen molar-refractivity contribution in [1.29, 1.82) is 0 Å². The Balaban J connectivity index is 2.05. The summed E-state index contributed by atoms with van der Waals surface area (Å²) < 4.78 is 22.8. The molecule has 2 rings (SSSR count). The topological polar surface area (TPSA) is 194 Å². The van der Waals surface area contributed by atoms with Crippen molar-refractivity contribution in [2.75, 3.05) is 18.5 Å². The average Bonchev–Trinajstić information content (AvgIpc) is 2.81. The minimum absolute atomic E-state index is 0.0425. The highest BCUT2D eigenvalue weighted by molar-refractivity contribution is 7.53. The predicted molar refractivity (Wildman–Crippen MR) is 86.3 cm³/mol. The molecule has 0 spiro atoms. The van der Waals surface area contributed by atoms with Crippen molar-refractivity contribution >= 4 is 19.4 Å². The molecule has 12 nitrogen and oxygen atoms in total. The summed E-state index contributed by atoms with van der Waals surface area (Å²) in [6, 6.07) is 1.28. The molecular weight excluding hydrogens is 373 g/mol. The highest BCUT2D eigenvalue weighted by Gasteiger charge is 2.45. The van der Waals surface area contributed by atoms with Crippen LogP contribution in [0.2, 0.25) is 0 Å². The number of nitrogens with zero attached hydrogens (tertiary/aromatic N) is 2. The molecule has 1 unspecified atom stereocenters. The van der Waals surface area contributed by atoms with E-state index in [1.807, 2.05) is 0 Å². The lowest BCUT2D eigenvalue weighted by atomic mass is 10.1. The van der Waals surface area contributed by atoms with Gasteiger partial charge >= 0.3 is 19.3 Å². The second kappa shape index (κ2) is 7.66. The fraction of sp³-hybridized carbons (Fsp3) is 0.462. The van der Waals surface area contributed by atoms with E-state index >= 15 is 0 Å². The fourth-order valence-corrected chi connectivity index (χ4v) is 3.35. The number of hydrogen-bond acceptors (Lipinski definition) is 9. The number of carbonyl (C=O) groups is 1. The maximum Gasteiger partial charge on any atom is 0.351 e. The van der Waals surface area contributed by atoms with Gasteiger partial charge in [-0.25, -0.2) is 9.59 Å². The number of ether oxygens (including phenoxy) is 1. The summed E-state index contributed by atoms with van der Waals surface area (Å²) in [6.07, 6.45) is -5.25. The third-order valence-corrected chi connectivity index (χ3v) is 4.93. The van der Waals surface area contributed by atoms with Crippen LogP contribution in [-0.4, -0.2) is 66.8 Å². The van der Waals surface area contributed by atoms with Crippen molar-refractivity contribution < 1.29 is 38.8 Å². The number of aliphatic hydroxyl groups excluding tert-OH is 2. The Kier molecular flexibility index (Phi) is 5.96. The van der Waals surface area contributed by atoms with Crippen LogP contribution in [0.15, 0.2) is 29.2 Å². The first-order valence-corrected chi connectivity index (χ1v) is 9.02. The number of carboxylic acid groups (broad SMARTS) is 1. The van der Waals surface area contributed by atoms with Gasteiger partial charge in [0, 0.05) is 11.8 Å². The zero-order valence-corrected chi connectivity index (χ0v) is 14.2. The number of aromatic nitrogens is 2. The van der Waals surface area contributed by atoms with Crippen LogP contribution in [0.4, 0.5) is 5.82 Å². The SMILES string of the molecule is C=C(CP(=O)(O)OC[C@H]1O[C@@H](n2ccc(N)nc2=O)[C@H](O)[C@@H]1O)C(=O)O. The van der Waals surface area contributed by atoms with Gasteiger partial charge in [0.2, 0.25) is 0 Å². The quantitative estimate of drug-likeness (QED) is 0.262. The van der Waals surface area contributed by atoms with Crippen LogP contribution >= 0.6 is 7.60 Å². The van der Waals surface area contributed by atoms with Crippen molar-refractivity contribution in [3.05, 3.63) is 34.9 Å². The van der Waals surface area contributed by atoms with Gasteiger partial charge in [0.1, 0.15) is 24.1 Å². The Morgan fingerprint density at radius 3 is 2.69 bits per heavy atom. The molecule has 1 aromatic rings. The Hall–Kier alpha value is -2.08. The standard InChI is InChI=1S/C13H18N3O9P/c1-6(12(19)20)5-26(22,23)24-4-7-9(17)10(18)11(25-7)16-3-2-8(14)15-13(16)21/h2-3,7,9-11,17-18H,1,4-5H2,(H,19,20)(H,22,23)(H2,14,15,21)/t7-,9-,10-,11-/m1/s1. The highest BCUT2D eigenvalue weighted by atomic mass is 31.2. The van der Waals surface area contributed by atoms with E-state index in [9.17, 15) is 29.3 Å². The van der Waals surface area contributed by atoms with Gasteiger partial charge in [-0.2, -0.15) is 4.98 Å². The van der Waals surface area contributed by atoms with E-state index in [1.54, 1.807) is 0 Å². The maximum atomic E-state index is 11.8. The Labute approximate surface area is 146 Å². The minimum atomic E-state index is -4.36. The third-order valence-electron chi connectivity index (χ3n) is 3.60. The second-order valence-electron chi connectivity index (χ2n) is 5.59. The molecule has 26 heavy (non-hydrogen) atoms. The van der Waals surface area contributed by atoms with E-state index in [0.29, 0.717) is 0 Å². The number of nitrogens with two attached hydrogens (primary N) is 1. The number of aliphatic carboxylic acids is 1. The van der Waals surface area contributed by atoms with Gasteiger partial charge in [-0.15, -0.1) is 0 Å². The summed E-state index contributed by atoms with van der Waals surface area (Å²) in [4.78, 5) is 35.6. The summed E-state index contributed by atoms with van der Waals surface area (Å²) in [5.74, 6) is -1.50. The number of rotatable bonds is 7. The maximum absolute atomic E-state index is 11.8. The van der Waals surface area contributed by atoms with E-state index < -0.39 is 62.1 Å². The van der Waals surface area contributed by atoms with Gasteiger partial charge in [-0.1, -0.05) is 6.58 Å². The van der Waals surface area contributed by atoms with E-state index in [0.717, 1.165) is 4.57 Å². The second-order valence-corrected chi connectivity index (χ2v) is 7.44. The van der Waals surface area contributed by atoms with Crippen LogP contribution in [0.5, 0.6) is 0 Å². The Morgan fingerprint density at radius 1 is 1.46 bits per heavy atom. The molecule has 0 radical (unpaired) electrons. The first kappa shape index (κ1) is 20.2. The molecule has 6 N–H and O–H groups in total. The van der Waals surface area contributed by atoms with Gasteiger partial charge in [0.25, 0.3) is 0 Å². The van der Waals surface area contributed by atoms with Gasteiger partial charge in [-0.05, 0) is 6.07 Å². The van der Waals surface area contributed by atoms with E-state index in [2.05, 4.69) is 11.6 Å². The molecule has 0 aromatic carbocycles. The number of anilines is 1. The lowest BCUT2D eigenvalue weighted by Gasteiger charge is -2.18. The molecule has 1 aliphatic rings. The third kappa shape index (κ3) is 4.55. The van der Waals surface area contributed by atoms with Crippen LogP contribution in [0.1, 0.15) is 6.23 Å². The highest BCUT2D eigenvalue weighted by Crippen LogP contribution is 2.44. The van der Waals surface area contributed by atoms with Crippen LogP contribution in [0.25, 0.3) is 0 Å². The molecule has 1 aromatic heterocycles. The first-order valence-electron chi connectivity index (χ1n) is 7.25. The lowest BCUT2D eigenvalue weighted by molar-refractivity contribution is -0.132. The molecule has 0 bridgehead atoms. The smallest absolute Gasteiger partial charge is 0.351 e. The van der Waals surface area contributed by atoms with Crippen molar-refractivity contribution in [3.8, 4) is 0 Å². The zero-order valence-electron chi connectivity index (χ0n) is 13.3. The van der Waals surface area contributed by atoms with Crippen LogP contribution < -0.4 is 11.4 Å². The average molecular weight is 391 g/mol. The summed E-state index contributed by atoms with van der Waals surface area (Å²) in [5, 5.41) is 28.7. The lowest BCUT2D eigenvalue weighted by Crippen LogP contribution is -2.36. The van der Waals surface area contributed by atoms with Crippen LogP contribution in [0, 0.1) is 0 Å². The molecule has 0 amide bonds. The Bertz CT molecular complexity index is 810. The van der Waals surface area contributed by atoms with E-state index in [4.69, 9.17) is 20.1 Å². The summed E-state index contributed by atoms with van der Waals surface area (Å²) in [6.45, 7) is 2.49. The molecule has 1 saturated heterocycles. The predicted octanol–water partition coefficient (Wildman–Crippen LogP) is -1.71. The monoisotopic (exact) mass is 391 g/mol. The molecule has 0 aliphatic carbocycles. The molecule has 144 valence electrons. The minimum Gasteiger partial charge on any atom is -0.478 e. The zero-order chi connectivity index (χ0) is 19.6. The van der Waals surface area contributed by atoms with Gasteiger partial charge < -0.3 is 35.2 Å². The number of carboxylic acids is 1. The summed E-state index contributed by atoms with van der Waals surface area (Å²) in [5.41, 5.74) is 4.01. The molecule has 2 heterocycles. The summed E-state index contributed by atoms with van der Waals surface area (Å²) >= 11 is 0. The molecule has 5 atom stereocenters. The van der Waals surface area contributed by atoms with Gasteiger partial charge in [0.15, 0.2) is 6.23 Å². The van der Waals surface area contributed by atoms with Crippen LogP contribution in [0.3, 0.4) is 0 Å². The van der Waals surface area contributed by atoms with Crippen molar-refractivity contribution in [2.24, 2.45) is 0 Å². The molecule has 1 fully saturated rings. The largest absolute Gasteiger partial charge is 0.478 e. The summed E-state index contributed by atoms with van der Waals surface area (Å²) in [7, 11) is -4.36. The normalized spacial score (nSPS) is 27.8.